The Balaban J connectivity index is 2.11. The van der Waals surface area contributed by atoms with Crippen LogP contribution in [0.2, 0.25) is 0 Å². The fourth-order valence-electron chi connectivity index (χ4n) is 2.76. The maximum Gasteiger partial charge on any atom is 0.225 e. The lowest BCUT2D eigenvalue weighted by Gasteiger charge is -2.15. The van der Waals surface area contributed by atoms with E-state index in [1.165, 1.54) is 5.56 Å². The van der Waals surface area contributed by atoms with Crippen LogP contribution < -0.4 is 5.73 Å². The molecule has 0 amide bonds. The van der Waals surface area contributed by atoms with E-state index in [-0.39, 0.29) is 5.41 Å². The Morgan fingerprint density at radius 3 is 2.44 bits per heavy atom. The Morgan fingerprint density at radius 1 is 1.22 bits per heavy atom. The molecular formula is C15H18N2O. The second-order valence-electron chi connectivity index (χ2n) is 5.41. The molecule has 1 fully saturated rings. The molecule has 1 aromatic heterocycles. The summed E-state index contributed by atoms with van der Waals surface area (Å²) in [6.07, 6.45) is 2.26. The molecule has 3 nitrogen and oxygen atoms in total. The van der Waals surface area contributed by atoms with Crippen molar-refractivity contribution >= 4 is 5.88 Å². The molecule has 0 bridgehead atoms. The third-order valence-electron chi connectivity index (χ3n) is 3.86. The molecular weight excluding hydrogens is 224 g/mol. The predicted octanol–water partition coefficient (Wildman–Crippen LogP) is 3.46. The summed E-state index contributed by atoms with van der Waals surface area (Å²) in [5, 5.41) is 4.25. The minimum atomic E-state index is 0.0436. The highest BCUT2D eigenvalue weighted by Gasteiger charge is 2.50. The van der Waals surface area contributed by atoms with Gasteiger partial charge in [-0.1, -0.05) is 49.3 Å². The van der Waals surface area contributed by atoms with Crippen LogP contribution in [0.5, 0.6) is 0 Å². The smallest absolute Gasteiger partial charge is 0.225 e. The van der Waals surface area contributed by atoms with Gasteiger partial charge in [-0.2, -0.15) is 0 Å². The van der Waals surface area contributed by atoms with E-state index in [2.05, 4.69) is 43.3 Å². The second kappa shape index (κ2) is 3.87. The fourth-order valence-corrected chi connectivity index (χ4v) is 2.76. The van der Waals surface area contributed by atoms with Crippen molar-refractivity contribution in [1.29, 1.82) is 0 Å². The van der Waals surface area contributed by atoms with Crippen LogP contribution >= 0.6 is 0 Å². The van der Waals surface area contributed by atoms with Crippen molar-refractivity contribution in [2.75, 3.05) is 5.73 Å². The van der Waals surface area contributed by atoms with E-state index in [1.54, 1.807) is 0 Å². The summed E-state index contributed by atoms with van der Waals surface area (Å²) in [6.45, 7) is 4.26. The molecule has 3 heteroatoms. The lowest BCUT2D eigenvalue weighted by molar-refractivity contribution is 0.422. The number of nitrogens with zero attached hydrogens (tertiary/aromatic N) is 1. The first-order chi connectivity index (χ1) is 8.65. The number of aromatic nitrogens is 1. The summed E-state index contributed by atoms with van der Waals surface area (Å²) >= 11 is 0. The van der Waals surface area contributed by atoms with Crippen molar-refractivity contribution in [3.63, 3.8) is 0 Å². The highest BCUT2D eigenvalue weighted by atomic mass is 16.5. The van der Waals surface area contributed by atoms with Gasteiger partial charge in [-0.25, -0.2) is 0 Å². The van der Waals surface area contributed by atoms with Gasteiger partial charge in [0.25, 0.3) is 0 Å². The highest BCUT2D eigenvalue weighted by Crippen LogP contribution is 2.55. The van der Waals surface area contributed by atoms with Crippen molar-refractivity contribution in [2.45, 2.75) is 38.0 Å². The molecule has 18 heavy (non-hydrogen) atoms. The zero-order valence-corrected chi connectivity index (χ0v) is 10.8. The van der Waals surface area contributed by atoms with Gasteiger partial charge in [0.1, 0.15) is 0 Å². The molecule has 1 aliphatic carbocycles. The van der Waals surface area contributed by atoms with Crippen LogP contribution in [0.4, 0.5) is 5.88 Å². The minimum absolute atomic E-state index is 0.0436. The largest absolute Gasteiger partial charge is 0.367 e. The van der Waals surface area contributed by atoms with Crippen LogP contribution in [-0.2, 0) is 5.41 Å². The summed E-state index contributed by atoms with van der Waals surface area (Å²) in [6, 6.07) is 10.5. The van der Waals surface area contributed by atoms with Crippen molar-refractivity contribution < 1.29 is 4.52 Å². The first-order valence-electron chi connectivity index (χ1n) is 6.46. The van der Waals surface area contributed by atoms with Gasteiger partial charge in [0.15, 0.2) is 0 Å². The second-order valence-corrected chi connectivity index (χ2v) is 5.41. The third-order valence-corrected chi connectivity index (χ3v) is 3.86. The quantitative estimate of drug-likeness (QED) is 0.896. The minimum Gasteiger partial charge on any atom is -0.367 e. The molecule has 2 N–H and O–H groups in total. The molecule has 0 atom stereocenters. The van der Waals surface area contributed by atoms with Crippen molar-refractivity contribution in [1.82, 2.24) is 5.16 Å². The van der Waals surface area contributed by atoms with Crippen LogP contribution in [0, 0.1) is 0 Å². The Labute approximate surface area is 107 Å². The first-order valence-corrected chi connectivity index (χ1v) is 6.46. The van der Waals surface area contributed by atoms with Gasteiger partial charge >= 0.3 is 0 Å². The molecule has 0 radical (unpaired) electrons. The average Bonchev–Trinajstić information content (AvgIpc) is 3.08. The number of hydrogen-bond acceptors (Lipinski definition) is 3. The van der Waals surface area contributed by atoms with E-state index < -0.39 is 0 Å². The Kier molecular flexibility index (Phi) is 2.44. The van der Waals surface area contributed by atoms with Gasteiger partial charge in [-0.15, -0.1) is 0 Å². The Morgan fingerprint density at radius 2 is 1.89 bits per heavy atom. The van der Waals surface area contributed by atoms with Gasteiger partial charge in [-0.3, -0.25) is 0 Å². The van der Waals surface area contributed by atoms with Crippen LogP contribution in [0.25, 0.3) is 0 Å². The molecule has 0 spiro atoms. The molecule has 1 aromatic carbocycles. The average molecular weight is 242 g/mol. The third kappa shape index (κ3) is 1.54. The number of nitrogens with two attached hydrogens (primary N) is 1. The van der Waals surface area contributed by atoms with Crippen molar-refractivity contribution in [2.24, 2.45) is 0 Å². The lowest BCUT2D eigenvalue weighted by atomic mass is 9.87. The van der Waals surface area contributed by atoms with Crippen LogP contribution in [0.1, 0.15) is 49.4 Å². The monoisotopic (exact) mass is 242 g/mol. The van der Waals surface area contributed by atoms with Gasteiger partial charge < -0.3 is 10.3 Å². The van der Waals surface area contributed by atoms with Gasteiger partial charge in [0.05, 0.1) is 5.69 Å². The zero-order valence-electron chi connectivity index (χ0n) is 10.8. The van der Waals surface area contributed by atoms with E-state index in [0.717, 1.165) is 24.1 Å². The summed E-state index contributed by atoms with van der Waals surface area (Å²) in [5.74, 6) is 0.814. The van der Waals surface area contributed by atoms with Gasteiger partial charge in [0, 0.05) is 11.0 Å². The number of anilines is 1. The maximum absolute atomic E-state index is 5.92. The normalized spacial score (nSPS) is 17.1. The molecule has 0 unspecified atom stereocenters. The summed E-state index contributed by atoms with van der Waals surface area (Å²) in [4.78, 5) is 0. The molecule has 94 valence electrons. The molecule has 0 saturated heterocycles. The van der Waals surface area contributed by atoms with Crippen LogP contribution in [0.15, 0.2) is 34.9 Å². The molecule has 2 aromatic rings. The lowest BCUT2D eigenvalue weighted by Crippen LogP contribution is -2.12. The summed E-state index contributed by atoms with van der Waals surface area (Å²) < 4.78 is 5.23. The Bertz CT molecular complexity index is 553. The zero-order chi connectivity index (χ0) is 12.8. The Hall–Kier alpha value is -1.77. The van der Waals surface area contributed by atoms with E-state index in [4.69, 9.17) is 10.3 Å². The predicted molar refractivity (Wildman–Crippen MR) is 71.5 cm³/mol. The van der Waals surface area contributed by atoms with Gasteiger partial charge in [0.2, 0.25) is 5.88 Å². The molecule has 1 heterocycles. The SMILES string of the molecule is CC(C)c1c(C2(c3ccccc3)CC2)noc1N. The number of benzene rings is 1. The molecule has 3 rings (SSSR count). The van der Waals surface area contributed by atoms with E-state index in [0.29, 0.717) is 11.8 Å². The molecule has 1 aliphatic rings. The van der Waals surface area contributed by atoms with Crippen molar-refractivity contribution in [3.05, 3.63) is 47.2 Å². The van der Waals surface area contributed by atoms with Crippen molar-refractivity contribution in [3.8, 4) is 0 Å². The summed E-state index contributed by atoms with van der Waals surface area (Å²) in [5.41, 5.74) is 9.40. The number of rotatable bonds is 3. The van der Waals surface area contributed by atoms with Crippen LogP contribution in [-0.4, -0.2) is 5.16 Å². The summed E-state index contributed by atoms with van der Waals surface area (Å²) in [7, 11) is 0. The first kappa shape index (κ1) is 11.3. The van der Waals surface area contributed by atoms with E-state index in [9.17, 15) is 0 Å². The molecule has 1 saturated carbocycles. The maximum atomic E-state index is 5.92. The number of nitrogen functional groups attached to an aromatic ring is 1. The number of hydrogen-bond donors (Lipinski definition) is 1. The van der Waals surface area contributed by atoms with E-state index >= 15 is 0 Å². The molecule has 0 aliphatic heterocycles. The standard InChI is InChI=1S/C15H18N2O/c1-10(2)12-13(17-18-14(12)16)15(8-9-15)11-6-4-3-5-7-11/h3-7,10H,8-9,16H2,1-2H3. The fraction of sp³-hybridized carbons (Fsp3) is 0.400. The topological polar surface area (TPSA) is 52.0 Å². The highest BCUT2D eigenvalue weighted by molar-refractivity contribution is 5.51. The van der Waals surface area contributed by atoms with E-state index in [1.807, 2.05) is 6.07 Å². The van der Waals surface area contributed by atoms with Crippen LogP contribution in [0.3, 0.4) is 0 Å². The van der Waals surface area contributed by atoms with Gasteiger partial charge in [-0.05, 0) is 24.3 Å².